The van der Waals surface area contributed by atoms with Gasteiger partial charge in [-0.15, -0.1) is 0 Å². The topological polar surface area (TPSA) is 106 Å². The zero-order valence-corrected chi connectivity index (χ0v) is 20.5. The average Bonchev–Trinajstić information content (AvgIpc) is 3.26. The van der Waals surface area contributed by atoms with Crippen LogP contribution in [-0.4, -0.2) is 49.6 Å². The molecule has 0 spiro atoms. The summed E-state index contributed by atoms with van der Waals surface area (Å²) in [5.41, 5.74) is -1.86. The molecule has 1 amide bonds. The fourth-order valence-corrected chi connectivity index (χ4v) is 5.90. The summed E-state index contributed by atoms with van der Waals surface area (Å²) in [5, 5.41) is 27.4. The number of aliphatic hydroxyl groups is 2. The van der Waals surface area contributed by atoms with Gasteiger partial charge in [-0.05, 0) is 23.3 Å². The van der Waals surface area contributed by atoms with Crippen LogP contribution in [0.15, 0.2) is 66.7 Å². The lowest BCUT2D eigenvalue weighted by Crippen LogP contribution is -2.52. The van der Waals surface area contributed by atoms with E-state index in [1.165, 1.54) is 21.1 Å². The van der Waals surface area contributed by atoms with E-state index < -0.39 is 29.3 Å². The first-order valence-corrected chi connectivity index (χ1v) is 11.6. The Bertz CT molecular complexity index is 1280. The molecule has 0 bridgehead atoms. The molecular weight excluding hydrogens is 462 g/mol. The van der Waals surface area contributed by atoms with Crippen LogP contribution >= 0.6 is 0 Å². The molecule has 0 saturated heterocycles. The molecule has 5 rings (SSSR count). The molecule has 8 heteroatoms. The van der Waals surface area contributed by atoms with Crippen molar-refractivity contribution in [2.45, 2.75) is 36.2 Å². The van der Waals surface area contributed by atoms with E-state index in [0.29, 0.717) is 34.1 Å². The fraction of sp³-hybridized carbons (Fsp3) is 0.321. The number of benzene rings is 3. The van der Waals surface area contributed by atoms with Gasteiger partial charge in [0.1, 0.15) is 29.1 Å². The normalized spacial score (nSPS) is 28.0. The summed E-state index contributed by atoms with van der Waals surface area (Å²) in [7, 11) is 4.58. The third-order valence-corrected chi connectivity index (χ3v) is 7.33. The number of aliphatic hydroxyl groups excluding tert-OH is 1. The number of ether oxygens (including phenoxy) is 4. The van der Waals surface area contributed by atoms with Crippen molar-refractivity contribution in [2.24, 2.45) is 0 Å². The number of carbonyl (C=O) groups is 1. The standard InChI is InChI=1S/C28H29NO7/c1-16(30)29-25-23(17-8-6-5-7-9-17)28(18-10-12-19(33-2)13-11-18)27(32,26(25)31)24-21(35-4)14-20(34-3)15-22(24)36-28/h5-15,23,25-26,31-32H,1-4H3,(H,29,30)/t23-,25?,26?,27+,28+/m1/s1. The van der Waals surface area contributed by atoms with Crippen LogP contribution in [0.2, 0.25) is 0 Å². The first-order chi connectivity index (χ1) is 17.3. The molecule has 1 aliphatic carbocycles. The molecule has 36 heavy (non-hydrogen) atoms. The molecule has 1 saturated carbocycles. The molecule has 3 N–H and O–H groups in total. The van der Waals surface area contributed by atoms with Crippen molar-refractivity contribution in [3.63, 3.8) is 0 Å². The largest absolute Gasteiger partial charge is 0.497 e. The van der Waals surface area contributed by atoms with Gasteiger partial charge in [-0.25, -0.2) is 0 Å². The van der Waals surface area contributed by atoms with Gasteiger partial charge in [0, 0.05) is 19.1 Å². The molecular formula is C28H29NO7. The third kappa shape index (κ3) is 3.18. The molecule has 0 radical (unpaired) electrons. The Morgan fingerprint density at radius 2 is 1.61 bits per heavy atom. The summed E-state index contributed by atoms with van der Waals surface area (Å²) in [6, 6.07) is 19.0. The number of methoxy groups -OCH3 is 3. The van der Waals surface area contributed by atoms with Gasteiger partial charge in [-0.3, -0.25) is 4.79 Å². The van der Waals surface area contributed by atoms with Crippen LogP contribution in [0.4, 0.5) is 0 Å². The molecule has 2 unspecified atom stereocenters. The molecule has 8 nitrogen and oxygen atoms in total. The highest BCUT2D eigenvalue weighted by Crippen LogP contribution is 2.68. The molecule has 188 valence electrons. The number of amides is 1. The van der Waals surface area contributed by atoms with E-state index in [-0.39, 0.29) is 5.91 Å². The van der Waals surface area contributed by atoms with Crippen molar-refractivity contribution in [3.05, 3.63) is 83.4 Å². The van der Waals surface area contributed by atoms with Gasteiger partial charge in [0.15, 0.2) is 11.2 Å². The summed E-state index contributed by atoms with van der Waals surface area (Å²) in [6.45, 7) is 1.38. The van der Waals surface area contributed by atoms with Gasteiger partial charge in [0.2, 0.25) is 5.91 Å². The van der Waals surface area contributed by atoms with Crippen molar-refractivity contribution >= 4 is 5.91 Å². The molecule has 1 heterocycles. The lowest BCUT2D eigenvalue weighted by molar-refractivity contribution is -0.151. The van der Waals surface area contributed by atoms with E-state index in [1.54, 1.807) is 43.5 Å². The predicted molar refractivity (Wildman–Crippen MR) is 132 cm³/mol. The Morgan fingerprint density at radius 1 is 0.944 bits per heavy atom. The maximum Gasteiger partial charge on any atom is 0.217 e. The van der Waals surface area contributed by atoms with Gasteiger partial charge < -0.3 is 34.5 Å². The summed E-state index contributed by atoms with van der Waals surface area (Å²) >= 11 is 0. The van der Waals surface area contributed by atoms with Gasteiger partial charge in [0.25, 0.3) is 0 Å². The second-order valence-electron chi connectivity index (χ2n) is 9.09. The van der Waals surface area contributed by atoms with E-state index in [4.69, 9.17) is 18.9 Å². The molecule has 3 aromatic carbocycles. The Morgan fingerprint density at radius 3 is 2.19 bits per heavy atom. The number of rotatable bonds is 6. The quantitative estimate of drug-likeness (QED) is 0.487. The van der Waals surface area contributed by atoms with Crippen LogP contribution in [0.1, 0.15) is 29.5 Å². The summed E-state index contributed by atoms with van der Waals surface area (Å²) in [6.07, 6.45) is -1.45. The van der Waals surface area contributed by atoms with Crippen molar-refractivity contribution in [2.75, 3.05) is 21.3 Å². The van der Waals surface area contributed by atoms with E-state index >= 15 is 0 Å². The monoisotopic (exact) mass is 491 g/mol. The van der Waals surface area contributed by atoms with Gasteiger partial charge in [-0.1, -0.05) is 42.5 Å². The average molecular weight is 492 g/mol. The van der Waals surface area contributed by atoms with Gasteiger partial charge in [-0.2, -0.15) is 0 Å². The lowest BCUT2D eigenvalue weighted by Gasteiger charge is -2.40. The Labute approximate surface area is 209 Å². The van der Waals surface area contributed by atoms with Crippen molar-refractivity contribution in [1.82, 2.24) is 5.32 Å². The zero-order chi connectivity index (χ0) is 25.7. The van der Waals surface area contributed by atoms with Crippen LogP contribution in [0.25, 0.3) is 0 Å². The molecule has 5 atom stereocenters. The van der Waals surface area contributed by atoms with Gasteiger partial charge >= 0.3 is 0 Å². The number of hydrogen-bond donors (Lipinski definition) is 3. The zero-order valence-electron chi connectivity index (χ0n) is 20.5. The van der Waals surface area contributed by atoms with Crippen LogP contribution < -0.4 is 24.3 Å². The number of nitrogens with one attached hydrogen (secondary N) is 1. The Kier molecular flexibility index (Phi) is 5.81. The SMILES string of the molecule is COc1ccc([C@@]23Oc4cc(OC)cc(OC)c4[C@]2(O)C(O)C(NC(C)=O)[C@H]3c2ccccc2)cc1. The van der Waals surface area contributed by atoms with Crippen molar-refractivity contribution in [1.29, 1.82) is 0 Å². The molecule has 1 fully saturated rings. The second-order valence-corrected chi connectivity index (χ2v) is 9.09. The first-order valence-electron chi connectivity index (χ1n) is 11.6. The van der Waals surface area contributed by atoms with Crippen molar-refractivity contribution < 1.29 is 34.0 Å². The predicted octanol–water partition coefficient (Wildman–Crippen LogP) is 2.85. The number of carbonyl (C=O) groups excluding carboxylic acids is 1. The lowest BCUT2D eigenvalue weighted by atomic mass is 9.71. The molecule has 2 aliphatic rings. The maximum absolute atomic E-state index is 12.7. The summed E-state index contributed by atoms with van der Waals surface area (Å²) < 4.78 is 23.2. The van der Waals surface area contributed by atoms with Crippen LogP contribution in [-0.2, 0) is 16.0 Å². The molecule has 0 aromatic heterocycles. The van der Waals surface area contributed by atoms with E-state index in [9.17, 15) is 15.0 Å². The van der Waals surface area contributed by atoms with E-state index in [2.05, 4.69) is 5.32 Å². The van der Waals surface area contributed by atoms with Crippen molar-refractivity contribution in [3.8, 4) is 23.0 Å². The number of fused-ring (bicyclic) bond motifs is 3. The Balaban J connectivity index is 1.86. The van der Waals surface area contributed by atoms with Crippen LogP contribution in [0.5, 0.6) is 23.0 Å². The first kappa shape index (κ1) is 24.0. The van der Waals surface area contributed by atoms with Gasteiger partial charge in [0.05, 0.1) is 38.9 Å². The highest BCUT2D eigenvalue weighted by Gasteiger charge is 2.77. The minimum Gasteiger partial charge on any atom is -0.497 e. The molecule has 1 aliphatic heterocycles. The molecule has 3 aromatic rings. The third-order valence-electron chi connectivity index (χ3n) is 7.33. The smallest absolute Gasteiger partial charge is 0.217 e. The summed E-state index contributed by atoms with van der Waals surface area (Å²) in [5.74, 6) is 0.710. The van der Waals surface area contributed by atoms with Crippen LogP contribution in [0, 0.1) is 0 Å². The second kappa shape index (κ2) is 8.72. The highest BCUT2D eigenvalue weighted by atomic mass is 16.5. The minimum absolute atomic E-state index is 0.294. The summed E-state index contributed by atoms with van der Waals surface area (Å²) in [4.78, 5) is 12.3. The maximum atomic E-state index is 12.7. The number of hydrogen-bond acceptors (Lipinski definition) is 7. The van der Waals surface area contributed by atoms with Crippen LogP contribution in [0.3, 0.4) is 0 Å². The van der Waals surface area contributed by atoms with E-state index in [0.717, 1.165) is 5.56 Å². The Hall–Kier alpha value is -3.75. The fourth-order valence-electron chi connectivity index (χ4n) is 5.90. The minimum atomic E-state index is -2.00. The van der Waals surface area contributed by atoms with E-state index in [1.807, 2.05) is 30.3 Å². The highest BCUT2D eigenvalue weighted by molar-refractivity contribution is 5.74.